The van der Waals surface area contributed by atoms with Gasteiger partial charge in [-0.05, 0) is 24.9 Å². The average molecular weight is 199 g/mol. The van der Waals surface area contributed by atoms with Crippen LogP contribution in [0.25, 0.3) is 0 Å². The van der Waals surface area contributed by atoms with E-state index in [1.807, 2.05) is 29.6 Å². The minimum Gasteiger partial charge on any atom is -0.396 e. The number of rotatable bonds is 5. The molecule has 74 valence electrons. The van der Waals surface area contributed by atoms with Crippen molar-refractivity contribution >= 4 is 17.4 Å². The Bertz CT molecular complexity index is 238. The minimum absolute atomic E-state index is 0.795. The highest BCUT2D eigenvalue weighted by atomic mass is 32.2. The van der Waals surface area contributed by atoms with Crippen LogP contribution in [0.15, 0.2) is 6.20 Å². The zero-order valence-corrected chi connectivity index (χ0v) is 9.10. The van der Waals surface area contributed by atoms with Crippen LogP contribution in [0.4, 0.5) is 5.69 Å². The Morgan fingerprint density at radius 2 is 2.38 bits per heavy atom. The first-order valence-electron chi connectivity index (χ1n) is 4.61. The summed E-state index contributed by atoms with van der Waals surface area (Å²) in [5, 5.41) is 4.29. The molecule has 0 amide bonds. The maximum Gasteiger partial charge on any atom is 0.0822 e. The number of anilines is 1. The largest absolute Gasteiger partial charge is 0.396 e. The second kappa shape index (κ2) is 5.17. The van der Waals surface area contributed by atoms with Crippen LogP contribution in [-0.4, -0.2) is 21.3 Å². The quantitative estimate of drug-likeness (QED) is 0.737. The van der Waals surface area contributed by atoms with E-state index in [0.717, 1.165) is 17.9 Å². The molecule has 0 aliphatic carbocycles. The number of aromatic nitrogens is 2. The third-order valence-corrected chi connectivity index (χ3v) is 2.85. The molecule has 0 aliphatic rings. The van der Waals surface area contributed by atoms with Gasteiger partial charge in [0.2, 0.25) is 0 Å². The fourth-order valence-electron chi connectivity index (χ4n) is 1.12. The standard InChI is InChI=1S/C9H17N3S/c1-3-13-6-4-5-12-7-9(10)8(2)11-12/h7H,3-6,10H2,1-2H3. The molecular weight excluding hydrogens is 182 g/mol. The number of aryl methyl sites for hydroxylation is 2. The summed E-state index contributed by atoms with van der Waals surface area (Å²) in [5.41, 5.74) is 7.41. The lowest BCUT2D eigenvalue weighted by molar-refractivity contribution is 0.602. The molecule has 0 fully saturated rings. The number of hydrogen-bond acceptors (Lipinski definition) is 3. The Kier molecular flexibility index (Phi) is 4.15. The summed E-state index contributed by atoms with van der Waals surface area (Å²) in [7, 11) is 0. The molecule has 3 nitrogen and oxygen atoms in total. The van der Waals surface area contributed by atoms with Crippen LogP contribution in [0.2, 0.25) is 0 Å². The summed E-state index contributed by atoms with van der Waals surface area (Å²) in [4.78, 5) is 0. The maximum atomic E-state index is 5.68. The average Bonchev–Trinajstić information content (AvgIpc) is 2.41. The molecule has 0 aromatic carbocycles. The Labute approximate surface area is 83.7 Å². The molecule has 0 saturated heterocycles. The topological polar surface area (TPSA) is 43.8 Å². The minimum atomic E-state index is 0.795. The van der Waals surface area contributed by atoms with Crippen LogP contribution in [0, 0.1) is 6.92 Å². The number of nitrogen functional groups attached to an aromatic ring is 1. The van der Waals surface area contributed by atoms with Gasteiger partial charge in [0, 0.05) is 12.7 Å². The summed E-state index contributed by atoms with van der Waals surface area (Å²) in [6.45, 7) is 5.10. The Balaban J connectivity index is 2.29. The monoisotopic (exact) mass is 199 g/mol. The molecule has 1 heterocycles. The molecule has 0 atom stereocenters. The smallest absolute Gasteiger partial charge is 0.0822 e. The molecule has 0 aliphatic heterocycles. The molecule has 1 aromatic rings. The van der Waals surface area contributed by atoms with Crippen molar-refractivity contribution in [1.29, 1.82) is 0 Å². The first kappa shape index (κ1) is 10.4. The third-order valence-electron chi connectivity index (χ3n) is 1.86. The van der Waals surface area contributed by atoms with Gasteiger partial charge in [0.05, 0.1) is 11.4 Å². The van der Waals surface area contributed by atoms with Crippen LogP contribution >= 0.6 is 11.8 Å². The molecular formula is C9H17N3S. The predicted octanol–water partition coefficient (Wildman–Crippen LogP) is 1.92. The van der Waals surface area contributed by atoms with Crippen LogP contribution in [-0.2, 0) is 6.54 Å². The first-order chi connectivity index (χ1) is 6.24. The summed E-state index contributed by atoms with van der Waals surface area (Å²) in [6, 6.07) is 0. The zero-order chi connectivity index (χ0) is 9.68. The number of thioether (sulfide) groups is 1. The summed E-state index contributed by atoms with van der Waals surface area (Å²) in [5.74, 6) is 2.40. The van der Waals surface area contributed by atoms with E-state index in [1.54, 1.807) is 0 Å². The molecule has 1 aromatic heterocycles. The van der Waals surface area contributed by atoms with Crippen molar-refractivity contribution in [2.75, 3.05) is 17.2 Å². The first-order valence-corrected chi connectivity index (χ1v) is 5.76. The van der Waals surface area contributed by atoms with Gasteiger partial charge in [0.25, 0.3) is 0 Å². The van der Waals surface area contributed by atoms with Gasteiger partial charge in [-0.25, -0.2) is 0 Å². The van der Waals surface area contributed by atoms with Crippen LogP contribution in [0.5, 0.6) is 0 Å². The summed E-state index contributed by atoms with van der Waals surface area (Å²) in [6.07, 6.45) is 3.07. The summed E-state index contributed by atoms with van der Waals surface area (Å²) < 4.78 is 1.93. The lowest BCUT2D eigenvalue weighted by Crippen LogP contribution is -1.99. The van der Waals surface area contributed by atoms with Crippen molar-refractivity contribution in [3.63, 3.8) is 0 Å². The van der Waals surface area contributed by atoms with E-state index in [1.165, 1.54) is 17.9 Å². The highest BCUT2D eigenvalue weighted by molar-refractivity contribution is 7.99. The maximum absolute atomic E-state index is 5.68. The van der Waals surface area contributed by atoms with Gasteiger partial charge in [-0.15, -0.1) is 0 Å². The molecule has 2 N–H and O–H groups in total. The van der Waals surface area contributed by atoms with E-state index in [0.29, 0.717) is 0 Å². The fraction of sp³-hybridized carbons (Fsp3) is 0.667. The Morgan fingerprint density at radius 3 is 2.92 bits per heavy atom. The van der Waals surface area contributed by atoms with Gasteiger partial charge < -0.3 is 5.73 Å². The van der Waals surface area contributed by atoms with Crippen molar-refractivity contribution < 1.29 is 0 Å². The zero-order valence-electron chi connectivity index (χ0n) is 8.29. The molecule has 0 saturated carbocycles. The lowest BCUT2D eigenvalue weighted by Gasteiger charge is -1.99. The van der Waals surface area contributed by atoms with E-state index in [4.69, 9.17) is 5.73 Å². The van der Waals surface area contributed by atoms with Crippen molar-refractivity contribution in [1.82, 2.24) is 9.78 Å². The molecule has 0 bridgehead atoms. The molecule has 0 unspecified atom stereocenters. The molecule has 4 heteroatoms. The number of nitrogens with zero attached hydrogens (tertiary/aromatic N) is 2. The SMILES string of the molecule is CCSCCCn1cc(N)c(C)n1. The van der Waals surface area contributed by atoms with Crippen LogP contribution in [0.1, 0.15) is 19.0 Å². The highest BCUT2D eigenvalue weighted by Gasteiger charge is 1.99. The molecule has 0 spiro atoms. The van der Waals surface area contributed by atoms with Crippen LogP contribution in [0.3, 0.4) is 0 Å². The Morgan fingerprint density at radius 1 is 1.62 bits per heavy atom. The highest BCUT2D eigenvalue weighted by Crippen LogP contribution is 2.08. The lowest BCUT2D eigenvalue weighted by atomic mass is 10.4. The van der Waals surface area contributed by atoms with Crippen LogP contribution < -0.4 is 5.73 Å². The number of hydrogen-bond donors (Lipinski definition) is 1. The molecule has 13 heavy (non-hydrogen) atoms. The van der Waals surface area contributed by atoms with Gasteiger partial charge in [-0.1, -0.05) is 6.92 Å². The van der Waals surface area contributed by atoms with E-state index in [-0.39, 0.29) is 0 Å². The fourth-order valence-corrected chi connectivity index (χ4v) is 1.74. The van der Waals surface area contributed by atoms with Crippen molar-refractivity contribution in [2.24, 2.45) is 0 Å². The third kappa shape index (κ3) is 3.30. The molecule has 0 radical (unpaired) electrons. The van der Waals surface area contributed by atoms with Gasteiger partial charge in [0.1, 0.15) is 0 Å². The van der Waals surface area contributed by atoms with E-state index in [9.17, 15) is 0 Å². The number of nitrogens with two attached hydrogens (primary N) is 1. The Hall–Kier alpha value is -0.640. The van der Waals surface area contributed by atoms with Crippen molar-refractivity contribution in [2.45, 2.75) is 26.8 Å². The van der Waals surface area contributed by atoms with Gasteiger partial charge in [0.15, 0.2) is 0 Å². The van der Waals surface area contributed by atoms with Gasteiger partial charge in [-0.2, -0.15) is 16.9 Å². The van der Waals surface area contributed by atoms with E-state index >= 15 is 0 Å². The van der Waals surface area contributed by atoms with Gasteiger partial charge in [-0.3, -0.25) is 4.68 Å². The second-order valence-electron chi connectivity index (χ2n) is 2.98. The van der Waals surface area contributed by atoms with E-state index < -0.39 is 0 Å². The summed E-state index contributed by atoms with van der Waals surface area (Å²) >= 11 is 1.97. The second-order valence-corrected chi connectivity index (χ2v) is 4.38. The van der Waals surface area contributed by atoms with E-state index in [2.05, 4.69) is 12.0 Å². The van der Waals surface area contributed by atoms with Crippen molar-refractivity contribution in [3.05, 3.63) is 11.9 Å². The normalized spacial score (nSPS) is 10.6. The predicted molar refractivity (Wildman–Crippen MR) is 59.0 cm³/mol. The molecule has 1 rings (SSSR count). The van der Waals surface area contributed by atoms with Gasteiger partial charge >= 0.3 is 0 Å². The van der Waals surface area contributed by atoms with Crippen molar-refractivity contribution in [3.8, 4) is 0 Å².